The van der Waals surface area contributed by atoms with E-state index in [2.05, 4.69) is 4.98 Å². The Morgan fingerprint density at radius 1 is 1.06 bits per heavy atom. The molecule has 1 aliphatic rings. The van der Waals surface area contributed by atoms with Gasteiger partial charge in [0.2, 0.25) is 10.0 Å². The molecule has 32 heavy (non-hydrogen) atoms. The third-order valence-electron chi connectivity index (χ3n) is 5.30. The Bertz CT molecular complexity index is 1170. The lowest BCUT2D eigenvalue weighted by molar-refractivity contribution is 0.0461. The Labute approximate surface area is 187 Å². The fourth-order valence-electron chi connectivity index (χ4n) is 3.50. The summed E-state index contributed by atoms with van der Waals surface area (Å²) in [5, 5.41) is 0. The third-order valence-corrected chi connectivity index (χ3v) is 7.16. The van der Waals surface area contributed by atoms with Crippen molar-refractivity contribution < 1.29 is 22.7 Å². The van der Waals surface area contributed by atoms with E-state index in [1.165, 1.54) is 21.1 Å². The molecular weight excluding hydrogens is 430 g/mol. The van der Waals surface area contributed by atoms with Gasteiger partial charge in [-0.2, -0.15) is 4.31 Å². The second-order valence-electron chi connectivity index (χ2n) is 7.61. The highest BCUT2D eigenvalue weighted by molar-refractivity contribution is 7.89. The molecular formula is C23H25N3O5S. The fraction of sp³-hybridized carbons (Fsp3) is 0.304. The molecule has 0 unspecified atom stereocenters. The zero-order valence-corrected chi connectivity index (χ0v) is 18.6. The molecule has 0 spiro atoms. The summed E-state index contributed by atoms with van der Waals surface area (Å²) in [7, 11) is -1.95. The Balaban J connectivity index is 1.34. The van der Waals surface area contributed by atoms with Gasteiger partial charge >= 0.3 is 5.97 Å². The number of hydrogen-bond donors (Lipinski definition) is 0. The van der Waals surface area contributed by atoms with Gasteiger partial charge in [-0.05, 0) is 48.7 Å². The van der Waals surface area contributed by atoms with Crippen molar-refractivity contribution in [2.45, 2.75) is 31.0 Å². The Hall–Kier alpha value is -3.17. The van der Waals surface area contributed by atoms with Crippen molar-refractivity contribution in [1.29, 1.82) is 0 Å². The van der Waals surface area contributed by atoms with Crippen LogP contribution in [0.2, 0.25) is 0 Å². The van der Waals surface area contributed by atoms with Crippen LogP contribution in [-0.2, 0) is 35.0 Å². The van der Waals surface area contributed by atoms with Crippen molar-refractivity contribution in [3.63, 3.8) is 0 Å². The lowest BCUT2D eigenvalue weighted by Crippen LogP contribution is -2.27. The van der Waals surface area contributed by atoms with E-state index in [9.17, 15) is 13.2 Å². The maximum Gasteiger partial charge on any atom is 0.355 e. The number of esters is 1. The second-order valence-corrected chi connectivity index (χ2v) is 9.55. The molecule has 0 bridgehead atoms. The molecule has 1 saturated heterocycles. The number of pyridine rings is 1. The maximum absolute atomic E-state index is 12.7. The first kappa shape index (κ1) is 22.0. The highest BCUT2D eigenvalue weighted by atomic mass is 32.2. The molecule has 0 radical (unpaired) electrons. The van der Waals surface area contributed by atoms with Crippen molar-refractivity contribution in [1.82, 2.24) is 13.9 Å². The molecule has 8 nitrogen and oxygen atoms in total. The summed E-state index contributed by atoms with van der Waals surface area (Å²) >= 11 is 0. The number of aryl methyl sites for hydroxylation is 1. The summed E-state index contributed by atoms with van der Waals surface area (Å²) < 4.78 is 39.5. The molecule has 168 valence electrons. The predicted molar refractivity (Wildman–Crippen MR) is 118 cm³/mol. The minimum absolute atomic E-state index is 0.0682. The fourth-order valence-corrected chi connectivity index (χ4v) is 5.09. The quantitative estimate of drug-likeness (QED) is 0.485. The van der Waals surface area contributed by atoms with Crippen LogP contribution in [0.4, 0.5) is 0 Å². The van der Waals surface area contributed by atoms with Crippen molar-refractivity contribution in [2.75, 3.05) is 13.1 Å². The van der Waals surface area contributed by atoms with Crippen LogP contribution in [0.25, 0.3) is 0 Å². The van der Waals surface area contributed by atoms with Gasteiger partial charge in [0.15, 0.2) is 0 Å². The molecule has 4 rings (SSSR count). The van der Waals surface area contributed by atoms with Gasteiger partial charge in [0, 0.05) is 32.5 Å². The Morgan fingerprint density at radius 3 is 2.50 bits per heavy atom. The smallest absolute Gasteiger partial charge is 0.355 e. The van der Waals surface area contributed by atoms with Gasteiger partial charge < -0.3 is 14.0 Å². The van der Waals surface area contributed by atoms with Crippen LogP contribution < -0.4 is 4.74 Å². The predicted octanol–water partition coefficient (Wildman–Crippen LogP) is 3.14. The monoisotopic (exact) mass is 455 g/mol. The molecule has 0 saturated carbocycles. The van der Waals surface area contributed by atoms with E-state index in [0.717, 1.165) is 24.1 Å². The average molecular weight is 456 g/mol. The van der Waals surface area contributed by atoms with Crippen molar-refractivity contribution >= 4 is 16.0 Å². The zero-order valence-electron chi connectivity index (χ0n) is 17.8. The largest absolute Gasteiger partial charge is 0.487 e. The number of aromatic nitrogens is 2. The Kier molecular flexibility index (Phi) is 6.57. The van der Waals surface area contributed by atoms with E-state index in [1.807, 2.05) is 30.3 Å². The summed E-state index contributed by atoms with van der Waals surface area (Å²) in [6.07, 6.45) is 4.88. The van der Waals surface area contributed by atoms with Gasteiger partial charge in [-0.15, -0.1) is 0 Å². The highest BCUT2D eigenvalue weighted by Gasteiger charge is 2.29. The molecule has 0 atom stereocenters. The van der Waals surface area contributed by atoms with Crippen LogP contribution in [0.3, 0.4) is 0 Å². The van der Waals surface area contributed by atoms with Crippen LogP contribution in [0, 0.1) is 0 Å². The summed E-state index contributed by atoms with van der Waals surface area (Å²) in [5.74, 6) is 0.107. The number of hydrogen-bond acceptors (Lipinski definition) is 6. The SMILES string of the molecule is Cn1cc(S(=O)(=O)N2CCCC2)cc1C(=O)OCc1ccc(OCc2ccccn2)cc1. The number of benzene rings is 1. The molecule has 0 N–H and O–H groups in total. The molecule has 1 aliphatic heterocycles. The molecule has 2 aromatic heterocycles. The summed E-state index contributed by atoms with van der Waals surface area (Å²) in [6, 6.07) is 14.3. The first-order valence-corrected chi connectivity index (χ1v) is 11.8. The van der Waals surface area contributed by atoms with Crippen molar-refractivity contribution in [3.05, 3.63) is 77.9 Å². The number of sulfonamides is 1. The Morgan fingerprint density at radius 2 is 1.81 bits per heavy atom. The van der Waals surface area contributed by atoms with Gasteiger partial charge in [0.05, 0.1) is 5.69 Å². The molecule has 3 heterocycles. The molecule has 9 heteroatoms. The van der Waals surface area contributed by atoms with Gasteiger partial charge in [0.1, 0.15) is 29.6 Å². The minimum Gasteiger partial charge on any atom is -0.487 e. The first-order chi connectivity index (χ1) is 15.4. The standard InChI is InChI=1S/C23H25N3O5S/c1-25-15-21(32(28,29)26-12-4-5-13-26)14-22(25)23(27)31-16-18-7-9-20(10-8-18)30-17-19-6-2-3-11-24-19/h2-3,6-11,14-15H,4-5,12-13,16-17H2,1H3. The maximum atomic E-state index is 12.7. The van der Waals surface area contributed by atoms with Gasteiger partial charge in [-0.25, -0.2) is 13.2 Å². The zero-order chi connectivity index (χ0) is 22.6. The van der Waals surface area contributed by atoms with E-state index in [1.54, 1.807) is 25.4 Å². The topological polar surface area (TPSA) is 90.7 Å². The van der Waals surface area contributed by atoms with Crippen LogP contribution in [-0.4, -0.2) is 41.3 Å². The van der Waals surface area contributed by atoms with E-state index in [4.69, 9.17) is 9.47 Å². The highest BCUT2D eigenvalue weighted by Crippen LogP contribution is 2.23. The van der Waals surface area contributed by atoms with Crippen LogP contribution >= 0.6 is 0 Å². The number of ether oxygens (including phenoxy) is 2. The summed E-state index contributed by atoms with van der Waals surface area (Å²) in [5.41, 5.74) is 1.82. The third kappa shape index (κ3) is 5.00. The molecule has 0 aliphatic carbocycles. The lowest BCUT2D eigenvalue weighted by Gasteiger charge is -2.13. The van der Waals surface area contributed by atoms with Gasteiger partial charge in [0.25, 0.3) is 0 Å². The van der Waals surface area contributed by atoms with E-state index in [-0.39, 0.29) is 17.2 Å². The molecule has 0 amide bonds. The number of carbonyl (C=O) groups is 1. The molecule has 1 fully saturated rings. The molecule has 1 aromatic carbocycles. The first-order valence-electron chi connectivity index (χ1n) is 10.4. The van der Waals surface area contributed by atoms with Gasteiger partial charge in [-0.1, -0.05) is 18.2 Å². The second kappa shape index (κ2) is 9.54. The van der Waals surface area contributed by atoms with Crippen molar-refractivity contribution in [2.24, 2.45) is 7.05 Å². The van der Waals surface area contributed by atoms with Gasteiger partial charge in [-0.3, -0.25) is 4.98 Å². The van der Waals surface area contributed by atoms with Crippen LogP contribution in [0.15, 0.2) is 65.8 Å². The van der Waals surface area contributed by atoms with Crippen LogP contribution in [0.5, 0.6) is 5.75 Å². The van der Waals surface area contributed by atoms with E-state index >= 15 is 0 Å². The number of rotatable bonds is 8. The van der Waals surface area contributed by atoms with E-state index < -0.39 is 16.0 Å². The molecule has 3 aromatic rings. The normalized spacial score (nSPS) is 14.4. The number of carbonyl (C=O) groups excluding carboxylic acids is 1. The minimum atomic E-state index is -3.59. The van der Waals surface area contributed by atoms with E-state index in [0.29, 0.717) is 25.4 Å². The van der Waals surface area contributed by atoms with Crippen LogP contribution in [0.1, 0.15) is 34.6 Å². The summed E-state index contributed by atoms with van der Waals surface area (Å²) in [6.45, 7) is 1.46. The van der Waals surface area contributed by atoms with Crippen molar-refractivity contribution in [3.8, 4) is 5.75 Å². The number of nitrogens with zero attached hydrogens (tertiary/aromatic N) is 3. The average Bonchev–Trinajstić information content (AvgIpc) is 3.48. The lowest BCUT2D eigenvalue weighted by atomic mass is 10.2. The summed E-state index contributed by atoms with van der Waals surface area (Å²) in [4.78, 5) is 16.9.